The van der Waals surface area contributed by atoms with Crippen LogP contribution in [0.1, 0.15) is 26.7 Å². The molecular weight excluding hydrogens is 246 g/mol. The van der Waals surface area contributed by atoms with Crippen molar-refractivity contribution in [3.05, 3.63) is 0 Å². The van der Waals surface area contributed by atoms with E-state index >= 15 is 0 Å². The van der Waals surface area contributed by atoms with Crippen LogP contribution >= 0.6 is 0 Å². The monoisotopic (exact) mass is 271 g/mol. The minimum Gasteiger partial charge on any atom is -0.480 e. The Kier molecular flexibility index (Phi) is 6.24. The number of hydrogen-bond acceptors (Lipinski definition) is 4. The molecule has 0 aromatic rings. The summed E-state index contributed by atoms with van der Waals surface area (Å²) in [5, 5.41) is 8.67. The summed E-state index contributed by atoms with van der Waals surface area (Å²) in [6, 6.07) is -0.939. The highest BCUT2D eigenvalue weighted by Crippen LogP contribution is 2.08. The molecule has 19 heavy (non-hydrogen) atoms. The zero-order chi connectivity index (χ0) is 14.4. The molecule has 1 aliphatic heterocycles. The highest BCUT2D eigenvalue weighted by atomic mass is 16.4. The van der Waals surface area contributed by atoms with Gasteiger partial charge in [-0.2, -0.15) is 0 Å². The van der Waals surface area contributed by atoms with Crippen molar-refractivity contribution in [2.75, 3.05) is 32.7 Å². The third-order valence-electron chi connectivity index (χ3n) is 3.33. The van der Waals surface area contributed by atoms with Gasteiger partial charge in [0.25, 0.3) is 0 Å². The van der Waals surface area contributed by atoms with Crippen LogP contribution in [0.2, 0.25) is 0 Å². The maximum atomic E-state index is 11.9. The molecule has 0 saturated carbocycles. The molecule has 1 heterocycles. The van der Waals surface area contributed by atoms with E-state index in [-0.39, 0.29) is 18.7 Å². The van der Waals surface area contributed by atoms with E-state index in [1.54, 1.807) is 0 Å². The first-order chi connectivity index (χ1) is 8.90. The lowest BCUT2D eigenvalue weighted by Gasteiger charge is -2.35. The molecular formula is C13H25N3O3. The Hall–Kier alpha value is -1.14. The molecule has 0 aliphatic carbocycles. The number of amides is 1. The molecule has 1 rings (SSSR count). The molecule has 0 unspecified atom stereocenters. The van der Waals surface area contributed by atoms with Gasteiger partial charge in [-0.1, -0.05) is 13.8 Å². The predicted molar refractivity (Wildman–Crippen MR) is 72.7 cm³/mol. The van der Waals surface area contributed by atoms with Crippen LogP contribution in [0.3, 0.4) is 0 Å². The van der Waals surface area contributed by atoms with E-state index in [4.69, 9.17) is 10.8 Å². The molecule has 0 spiro atoms. The van der Waals surface area contributed by atoms with Gasteiger partial charge in [-0.05, 0) is 12.3 Å². The van der Waals surface area contributed by atoms with Gasteiger partial charge in [-0.25, -0.2) is 0 Å². The fourth-order valence-corrected chi connectivity index (χ4v) is 2.26. The number of carboxylic acid groups (broad SMARTS) is 1. The summed E-state index contributed by atoms with van der Waals surface area (Å²) in [4.78, 5) is 26.7. The molecule has 0 radical (unpaired) electrons. The second kappa shape index (κ2) is 7.45. The largest absolute Gasteiger partial charge is 0.480 e. The van der Waals surface area contributed by atoms with Crippen molar-refractivity contribution in [1.29, 1.82) is 0 Å². The average Bonchev–Trinajstić information content (AvgIpc) is 2.35. The summed E-state index contributed by atoms with van der Waals surface area (Å²) in [7, 11) is 0. The molecule has 6 nitrogen and oxygen atoms in total. The SMILES string of the molecule is CC(C)CN1CCN(C(=O)CC[C@H](N)C(=O)O)CC1. The van der Waals surface area contributed by atoms with Crippen LogP contribution in [-0.2, 0) is 9.59 Å². The van der Waals surface area contributed by atoms with Crippen LogP contribution < -0.4 is 5.73 Å². The van der Waals surface area contributed by atoms with Gasteiger partial charge in [-0.3, -0.25) is 14.5 Å². The molecule has 1 aliphatic rings. The highest BCUT2D eigenvalue weighted by molar-refractivity contribution is 5.78. The molecule has 0 aromatic heterocycles. The smallest absolute Gasteiger partial charge is 0.320 e. The summed E-state index contributed by atoms with van der Waals surface area (Å²) in [6.07, 6.45) is 0.429. The third kappa shape index (κ3) is 5.57. The first-order valence-electron chi connectivity index (χ1n) is 6.88. The fraction of sp³-hybridized carbons (Fsp3) is 0.846. The van der Waals surface area contributed by atoms with E-state index in [0.29, 0.717) is 5.92 Å². The molecule has 1 fully saturated rings. The van der Waals surface area contributed by atoms with Crippen molar-refractivity contribution < 1.29 is 14.7 Å². The van der Waals surface area contributed by atoms with Crippen molar-refractivity contribution in [3.63, 3.8) is 0 Å². The Morgan fingerprint density at radius 3 is 2.26 bits per heavy atom. The number of aliphatic carboxylic acids is 1. The maximum absolute atomic E-state index is 11.9. The average molecular weight is 271 g/mol. The van der Waals surface area contributed by atoms with Crippen LogP contribution in [0.25, 0.3) is 0 Å². The fourth-order valence-electron chi connectivity index (χ4n) is 2.26. The van der Waals surface area contributed by atoms with Gasteiger partial charge in [-0.15, -0.1) is 0 Å². The van der Waals surface area contributed by atoms with E-state index in [1.165, 1.54) is 0 Å². The van der Waals surface area contributed by atoms with E-state index in [9.17, 15) is 9.59 Å². The Labute approximate surface area is 114 Å². The molecule has 0 aromatic carbocycles. The molecule has 3 N–H and O–H groups in total. The van der Waals surface area contributed by atoms with E-state index < -0.39 is 12.0 Å². The number of piperazine rings is 1. The zero-order valence-electron chi connectivity index (χ0n) is 11.8. The predicted octanol–water partition coefficient (Wildman–Crippen LogP) is -0.0213. The topological polar surface area (TPSA) is 86.9 Å². The molecule has 6 heteroatoms. The van der Waals surface area contributed by atoms with Crippen LogP contribution in [-0.4, -0.2) is 65.5 Å². The first-order valence-corrected chi connectivity index (χ1v) is 6.88. The summed E-state index contributed by atoms with van der Waals surface area (Å²) < 4.78 is 0. The maximum Gasteiger partial charge on any atom is 0.320 e. The second-order valence-electron chi connectivity index (χ2n) is 5.56. The first kappa shape index (κ1) is 15.9. The van der Waals surface area contributed by atoms with Crippen molar-refractivity contribution in [1.82, 2.24) is 9.80 Å². The number of rotatable bonds is 6. The lowest BCUT2D eigenvalue weighted by atomic mass is 10.1. The molecule has 1 atom stereocenters. The Bertz CT molecular complexity index is 312. The van der Waals surface area contributed by atoms with Crippen molar-refractivity contribution >= 4 is 11.9 Å². The lowest BCUT2D eigenvalue weighted by Crippen LogP contribution is -2.49. The summed E-state index contributed by atoms with van der Waals surface area (Å²) in [6.45, 7) is 8.69. The lowest BCUT2D eigenvalue weighted by molar-refractivity contribution is -0.139. The van der Waals surface area contributed by atoms with Crippen LogP contribution in [0.5, 0.6) is 0 Å². The number of hydrogen-bond donors (Lipinski definition) is 2. The van der Waals surface area contributed by atoms with Gasteiger partial charge >= 0.3 is 5.97 Å². The van der Waals surface area contributed by atoms with Crippen molar-refractivity contribution in [3.8, 4) is 0 Å². The number of nitrogens with zero attached hydrogens (tertiary/aromatic N) is 2. The second-order valence-corrected chi connectivity index (χ2v) is 5.56. The Morgan fingerprint density at radius 2 is 1.79 bits per heavy atom. The number of carbonyl (C=O) groups is 2. The van der Waals surface area contributed by atoms with Gasteiger partial charge in [0.2, 0.25) is 5.91 Å². The van der Waals surface area contributed by atoms with Crippen LogP contribution in [0.15, 0.2) is 0 Å². The van der Waals surface area contributed by atoms with E-state index in [2.05, 4.69) is 18.7 Å². The van der Waals surface area contributed by atoms with Gasteiger partial charge in [0, 0.05) is 39.1 Å². The summed E-state index contributed by atoms with van der Waals surface area (Å²) in [5.74, 6) is -0.397. The molecule has 0 bridgehead atoms. The summed E-state index contributed by atoms with van der Waals surface area (Å²) >= 11 is 0. The Morgan fingerprint density at radius 1 is 1.21 bits per heavy atom. The van der Waals surface area contributed by atoms with Crippen molar-refractivity contribution in [2.45, 2.75) is 32.7 Å². The molecule has 110 valence electrons. The van der Waals surface area contributed by atoms with E-state index in [1.807, 2.05) is 4.90 Å². The highest BCUT2D eigenvalue weighted by Gasteiger charge is 2.22. The minimum atomic E-state index is -1.05. The number of carbonyl (C=O) groups excluding carboxylic acids is 1. The zero-order valence-corrected chi connectivity index (χ0v) is 11.8. The summed E-state index contributed by atoms with van der Waals surface area (Å²) in [5.41, 5.74) is 5.39. The number of nitrogens with two attached hydrogens (primary N) is 1. The van der Waals surface area contributed by atoms with Crippen LogP contribution in [0, 0.1) is 5.92 Å². The molecule has 1 amide bonds. The van der Waals surface area contributed by atoms with Crippen LogP contribution in [0.4, 0.5) is 0 Å². The third-order valence-corrected chi connectivity index (χ3v) is 3.33. The van der Waals surface area contributed by atoms with Gasteiger partial charge in [0.05, 0.1) is 0 Å². The van der Waals surface area contributed by atoms with Gasteiger partial charge in [0.15, 0.2) is 0 Å². The Balaban J connectivity index is 2.27. The normalized spacial score (nSPS) is 18.6. The van der Waals surface area contributed by atoms with Gasteiger partial charge < -0.3 is 15.7 Å². The quantitative estimate of drug-likeness (QED) is 0.709. The van der Waals surface area contributed by atoms with Gasteiger partial charge in [0.1, 0.15) is 6.04 Å². The van der Waals surface area contributed by atoms with E-state index in [0.717, 1.165) is 32.7 Å². The standard InChI is InChI=1S/C13H25N3O3/c1-10(2)9-15-5-7-16(8-6-15)12(17)4-3-11(14)13(18)19/h10-11H,3-9,14H2,1-2H3,(H,18,19)/t11-/m0/s1. The number of carboxylic acids is 1. The van der Waals surface area contributed by atoms with Crippen molar-refractivity contribution in [2.24, 2.45) is 11.7 Å². The molecule has 1 saturated heterocycles. The minimum absolute atomic E-state index is 0.0147.